The van der Waals surface area contributed by atoms with Crippen molar-refractivity contribution in [2.75, 3.05) is 0 Å². The van der Waals surface area contributed by atoms with Crippen molar-refractivity contribution in [3.05, 3.63) is 71.8 Å². The predicted octanol–water partition coefficient (Wildman–Crippen LogP) is 7.48. The number of carbonyl (C=O) groups is 2. The minimum absolute atomic E-state index is 0.0629. The number of benzene rings is 2. The maximum Gasteiger partial charge on any atom is 0.338 e. The van der Waals surface area contributed by atoms with E-state index < -0.39 is 0 Å². The summed E-state index contributed by atoms with van der Waals surface area (Å²) >= 11 is 0. The lowest BCUT2D eigenvalue weighted by atomic mass is 9.80. The van der Waals surface area contributed by atoms with E-state index in [-0.39, 0.29) is 36.0 Å². The van der Waals surface area contributed by atoms with Gasteiger partial charge in [-0.2, -0.15) is 0 Å². The van der Waals surface area contributed by atoms with Crippen LogP contribution in [0.25, 0.3) is 0 Å². The molecule has 0 fully saturated rings. The average Bonchev–Trinajstić information content (AvgIpc) is 2.85. The molecule has 0 aliphatic heterocycles. The normalized spacial score (nSPS) is 14.7. The van der Waals surface area contributed by atoms with Crippen LogP contribution in [0.3, 0.4) is 0 Å². The van der Waals surface area contributed by atoms with Crippen molar-refractivity contribution in [3.8, 4) is 0 Å². The van der Waals surface area contributed by atoms with Crippen LogP contribution >= 0.6 is 0 Å². The summed E-state index contributed by atoms with van der Waals surface area (Å²) in [6.45, 7) is 8.42. The third kappa shape index (κ3) is 8.34. The van der Waals surface area contributed by atoms with E-state index in [4.69, 9.17) is 9.47 Å². The Balaban J connectivity index is 2.30. The summed E-state index contributed by atoms with van der Waals surface area (Å²) in [5.74, 6) is -0.484. The van der Waals surface area contributed by atoms with Crippen molar-refractivity contribution in [1.82, 2.24) is 0 Å². The summed E-state index contributed by atoms with van der Waals surface area (Å²) in [4.78, 5) is 25.8. The molecule has 0 saturated carbocycles. The molecule has 0 N–H and O–H groups in total. The Morgan fingerprint density at radius 1 is 0.727 bits per heavy atom. The molecule has 0 aromatic heterocycles. The molecule has 2 rings (SSSR count). The number of hydrogen-bond donors (Lipinski definition) is 0. The molecule has 0 radical (unpaired) electrons. The van der Waals surface area contributed by atoms with Gasteiger partial charge in [0.15, 0.2) is 0 Å². The van der Waals surface area contributed by atoms with Crippen molar-refractivity contribution in [2.24, 2.45) is 11.8 Å². The Morgan fingerprint density at radius 2 is 1.21 bits per heavy atom. The highest BCUT2D eigenvalue weighted by Gasteiger charge is 2.36. The summed E-state index contributed by atoms with van der Waals surface area (Å²) in [5.41, 5.74) is 1.09. The molecular weight excluding hydrogens is 412 g/mol. The van der Waals surface area contributed by atoms with Crippen molar-refractivity contribution >= 4 is 11.9 Å². The maximum absolute atomic E-state index is 13.1. The lowest BCUT2D eigenvalue weighted by Gasteiger charge is -2.36. The van der Waals surface area contributed by atoms with Gasteiger partial charge in [-0.1, -0.05) is 82.9 Å². The first-order chi connectivity index (χ1) is 16.0. The van der Waals surface area contributed by atoms with E-state index in [2.05, 4.69) is 20.8 Å². The molecule has 4 unspecified atom stereocenters. The second-order valence-electron chi connectivity index (χ2n) is 8.83. The van der Waals surface area contributed by atoms with Crippen LogP contribution in [0.5, 0.6) is 0 Å². The molecular formula is C29H40O4. The van der Waals surface area contributed by atoms with Gasteiger partial charge in [-0.05, 0) is 56.4 Å². The van der Waals surface area contributed by atoms with Gasteiger partial charge in [-0.15, -0.1) is 0 Å². The summed E-state index contributed by atoms with van der Waals surface area (Å²) in [6, 6.07) is 18.2. The zero-order valence-electron chi connectivity index (χ0n) is 20.7. The van der Waals surface area contributed by atoms with Gasteiger partial charge in [0.05, 0.1) is 11.1 Å². The standard InChI is InChI=1S/C29H40O4/c1-5-8-16-23(7-3)27(33-29(31)25-19-14-11-15-20-25)26(21-9-6-2)22(4)32-28(30)24-17-12-10-13-18-24/h10-15,17-20,22-23,26-27H,5-9,16,21H2,1-4H3. The quantitative estimate of drug-likeness (QED) is 0.279. The lowest BCUT2D eigenvalue weighted by molar-refractivity contribution is -0.0524. The Kier molecular flexibility index (Phi) is 11.7. The van der Waals surface area contributed by atoms with Crippen molar-refractivity contribution in [2.45, 2.75) is 84.8 Å². The van der Waals surface area contributed by atoms with E-state index in [1.54, 1.807) is 24.3 Å². The van der Waals surface area contributed by atoms with Crippen LogP contribution in [-0.4, -0.2) is 24.1 Å². The molecule has 4 nitrogen and oxygen atoms in total. The van der Waals surface area contributed by atoms with Crippen LogP contribution in [0.1, 0.15) is 93.4 Å². The van der Waals surface area contributed by atoms with Gasteiger partial charge < -0.3 is 9.47 Å². The van der Waals surface area contributed by atoms with Crippen molar-refractivity contribution in [1.29, 1.82) is 0 Å². The molecule has 0 saturated heterocycles. The van der Waals surface area contributed by atoms with Crippen molar-refractivity contribution < 1.29 is 19.1 Å². The molecule has 180 valence electrons. The molecule has 0 aliphatic rings. The number of ether oxygens (including phenoxy) is 2. The monoisotopic (exact) mass is 452 g/mol. The summed E-state index contributed by atoms with van der Waals surface area (Å²) < 4.78 is 12.2. The summed E-state index contributed by atoms with van der Waals surface area (Å²) in [6.07, 6.45) is 6.26. The predicted molar refractivity (Wildman–Crippen MR) is 133 cm³/mol. The lowest BCUT2D eigenvalue weighted by Crippen LogP contribution is -2.41. The summed E-state index contributed by atoms with van der Waals surface area (Å²) in [7, 11) is 0. The fourth-order valence-electron chi connectivity index (χ4n) is 4.37. The Morgan fingerprint density at radius 3 is 1.70 bits per heavy atom. The first-order valence-corrected chi connectivity index (χ1v) is 12.5. The number of unbranched alkanes of at least 4 members (excludes halogenated alkanes) is 2. The molecule has 0 heterocycles. The molecule has 0 bridgehead atoms. The van der Waals surface area contributed by atoms with Crippen LogP contribution in [-0.2, 0) is 9.47 Å². The summed E-state index contributed by atoms with van der Waals surface area (Å²) in [5, 5.41) is 0. The Labute approximate surface area is 199 Å². The molecule has 2 aromatic rings. The average molecular weight is 453 g/mol. The Hall–Kier alpha value is -2.62. The second kappa shape index (κ2) is 14.5. The number of carbonyl (C=O) groups excluding carboxylic acids is 2. The van der Waals surface area contributed by atoms with Crippen LogP contribution < -0.4 is 0 Å². The zero-order chi connectivity index (χ0) is 24.1. The second-order valence-corrected chi connectivity index (χ2v) is 8.83. The maximum atomic E-state index is 13.1. The third-order valence-corrected chi connectivity index (χ3v) is 6.39. The molecule has 0 aliphatic carbocycles. The Bertz CT molecular complexity index is 818. The van der Waals surface area contributed by atoms with Crippen LogP contribution in [0.15, 0.2) is 60.7 Å². The first kappa shape index (κ1) is 26.6. The van der Waals surface area contributed by atoms with Crippen LogP contribution in [0.2, 0.25) is 0 Å². The number of esters is 2. The van der Waals surface area contributed by atoms with Crippen LogP contribution in [0.4, 0.5) is 0 Å². The number of hydrogen-bond acceptors (Lipinski definition) is 4. The highest BCUT2D eigenvalue weighted by molar-refractivity contribution is 5.90. The first-order valence-electron chi connectivity index (χ1n) is 12.5. The molecule has 4 atom stereocenters. The molecule has 0 spiro atoms. The van der Waals surface area contributed by atoms with Gasteiger partial charge in [0.25, 0.3) is 0 Å². The van der Waals surface area contributed by atoms with Gasteiger partial charge in [0.2, 0.25) is 0 Å². The van der Waals surface area contributed by atoms with E-state index in [1.165, 1.54) is 0 Å². The van der Waals surface area contributed by atoms with E-state index in [9.17, 15) is 9.59 Å². The van der Waals surface area contributed by atoms with E-state index in [1.807, 2.05) is 43.3 Å². The highest BCUT2D eigenvalue weighted by atomic mass is 16.6. The van der Waals surface area contributed by atoms with Crippen LogP contribution in [0, 0.1) is 11.8 Å². The third-order valence-electron chi connectivity index (χ3n) is 6.39. The largest absolute Gasteiger partial charge is 0.459 e. The van der Waals surface area contributed by atoms with E-state index >= 15 is 0 Å². The van der Waals surface area contributed by atoms with Gasteiger partial charge >= 0.3 is 11.9 Å². The molecule has 0 amide bonds. The number of rotatable bonds is 14. The molecule has 4 heteroatoms. The van der Waals surface area contributed by atoms with E-state index in [0.717, 1.165) is 44.9 Å². The topological polar surface area (TPSA) is 52.6 Å². The minimum Gasteiger partial charge on any atom is -0.459 e. The fraction of sp³-hybridized carbons (Fsp3) is 0.517. The van der Waals surface area contributed by atoms with Gasteiger partial charge in [-0.25, -0.2) is 9.59 Å². The minimum atomic E-state index is -0.367. The molecule has 33 heavy (non-hydrogen) atoms. The van der Waals surface area contributed by atoms with E-state index in [0.29, 0.717) is 11.1 Å². The SMILES string of the molecule is CCCCC(CC)C(OC(=O)c1ccccc1)C(CCCC)C(C)OC(=O)c1ccccc1. The van der Waals surface area contributed by atoms with Gasteiger partial charge in [0.1, 0.15) is 12.2 Å². The molecule has 2 aromatic carbocycles. The smallest absolute Gasteiger partial charge is 0.338 e. The van der Waals surface area contributed by atoms with Gasteiger partial charge in [-0.3, -0.25) is 0 Å². The van der Waals surface area contributed by atoms with Gasteiger partial charge in [0, 0.05) is 5.92 Å². The highest BCUT2D eigenvalue weighted by Crippen LogP contribution is 2.32. The fourth-order valence-corrected chi connectivity index (χ4v) is 4.37. The van der Waals surface area contributed by atoms with Crippen molar-refractivity contribution in [3.63, 3.8) is 0 Å². The zero-order valence-corrected chi connectivity index (χ0v) is 20.7.